The van der Waals surface area contributed by atoms with E-state index in [9.17, 15) is 0 Å². The number of nitrogens with zero attached hydrogens (tertiary/aromatic N) is 2. The maximum absolute atomic E-state index is 5.61. The summed E-state index contributed by atoms with van der Waals surface area (Å²) >= 11 is 0. The number of imidazole rings is 1. The summed E-state index contributed by atoms with van der Waals surface area (Å²) < 4.78 is 8.04. The Kier molecular flexibility index (Phi) is 4.99. The van der Waals surface area contributed by atoms with Crippen molar-refractivity contribution in [1.29, 1.82) is 0 Å². The van der Waals surface area contributed by atoms with Gasteiger partial charge in [0, 0.05) is 38.2 Å². The molecule has 4 heteroatoms. The maximum Gasteiger partial charge on any atom is 0.109 e. The second-order valence-electron chi connectivity index (χ2n) is 5.82. The molecule has 19 heavy (non-hydrogen) atoms. The monoisotopic (exact) mass is 265 g/mol. The normalized spacial score (nSPS) is 16.7. The Morgan fingerprint density at radius 2 is 2.16 bits per heavy atom. The van der Waals surface area contributed by atoms with Gasteiger partial charge in [0.15, 0.2) is 0 Å². The highest BCUT2D eigenvalue weighted by Crippen LogP contribution is 2.23. The molecule has 1 aliphatic heterocycles. The predicted octanol–water partition coefficient (Wildman–Crippen LogP) is 2.32. The fourth-order valence-corrected chi connectivity index (χ4v) is 2.78. The molecule has 108 valence electrons. The van der Waals surface area contributed by atoms with E-state index in [0.717, 1.165) is 39.1 Å². The zero-order chi connectivity index (χ0) is 13.8. The van der Waals surface area contributed by atoms with Crippen LogP contribution in [-0.4, -0.2) is 29.3 Å². The van der Waals surface area contributed by atoms with E-state index in [1.165, 1.54) is 17.2 Å². The molecule has 1 unspecified atom stereocenters. The molecule has 4 nitrogen and oxygen atoms in total. The van der Waals surface area contributed by atoms with Crippen molar-refractivity contribution >= 4 is 0 Å². The van der Waals surface area contributed by atoms with Gasteiger partial charge in [-0.15, -0.1) is 0 Å². The molecule has 0 saturated heterocycles. The van der Waals surface area contributed by atoms with Crippen LogP contribution in [-0.2, 0) is 24.1 Å². The maximum atomic E-state index is 5.61. The summed E-state index contributed by atoms with van der Waals surface area (Å²) in [5, 5.41) is 3.41. The summed E-state index contributed by atoms with van der Waals surface area (Å²) in [7, 11) is 0. The molecule has 1 aromatic rings. The Morgan fingerprint density at radius 1 is 1.37 bits per heavy atom. The summed E-state index contributed by atoms with van der Waals surface area (Å²) in [5.74, 6) is 1.87. The molecule has 0 saturated carbocycles. The van der Waals surface area contributed by atoms with Gasteiger partial charge in [0.05, 0.1) is 18.3 Å². The van der Waals surface area contributed by atoms with Gasteiger partial charge in [0.2, 0.25) is 0 Å². The molecule has 0 radical (unpaired) electrons. The summed E-state index contributed by atoms with van der Waals surface area (Å²) in [5.41, 5.74) is 2.66. The lowest BCUT2D eigenvalue weighted by atomic mass is 10.1. The fraction of sp³-hybridized carbons (Fsp3) is 0.800. The lowest BCUT2D eigenvalue weighted by Gasteiger charge is -2.22. The number of aromatic nitrogens is 2. The van der Waals surface area contributed by atoms with Gasteiger partial charge in [-0.2, -0.15) is 0 Å². The van der Waals surface area contributed by atoms with E-state index in [1.54, 1.807) is 0 Å². The van der Waals surface area contributed by atoms with Crippen LogP contribution in [0.1, 0.15) is 50.9 Å². The van der Waals surface area contributed by atoms with Crippen LogP contribution in [0.2, 0.25) is 0 Å². The Hall–Kier alpha value is -0.870. The van der Waals surface area contributed by atoms with Crippen molar-refractivity contribution < 1.29 is 4.74 Å². The highest BCUT2D eigenvalue weighted by atomic mass is 16.5. The van der Waals surface area contributed by atoms with Gasteiger partial charge in [-0.3, -0.25) is 0 Å². The molecule has 0 fully saturated rings. The minimum absolute atomic E-state index is 0.378. The van der Waals surface area contributed by atoms with Crippen LogP contribution in [0.3, 0.4) is 0 Å². The van der Waals surface area contributed by atoms with Crippen molar-refractivity contribution in [2.75, 3.05) is 19.8 Å². The van der Waals surface area contributed by atoms with Crippen molar-refractivity contribution in [3.8, 4) is 0 Å². The van der Waals surface area contributed by atoms with Crippen molar-refractivity contribution in [3.05, 3.63) is 17.2 Å². The number of rotatable bonds is 6. The van der Waals surface area contributed by atoms with Gasteiger partial charge in [0.25, 0.3) is 0 Å². The average molecular weight is 265 g/mol. The summed E-state index contributed by atoms with van der Waals surface area (Å²) in [4.78, 5) is 4.86. The molecule has 1 N–H and O–H groups in total. The molecular weight excluding hydrogens is 238 g/mol. The molecule has 0 amide bonds. The molecule has 0 bridgehead atoms. The third kappa shape index (κ3) is 3.37. The quantitative estimate of drug-likeness (QED) is 0.858. The summed E-state index contributed by atoms with van der Waals surface area (Å²) in [6, 6.07) is 0.378. The number of hydrogen-bond acceptors (Lipinski definition) is 3. The van der Waals surface area contributed by atoms with Crippen LogP contribution in [0, 0.1) is 5.92 Å². The van der Waals surface area contributed by atoms with Crippen molar-refractivity contribution in [3.63, 3.8) is 0 Å². The first-order valence-corrected chi connectivity index (χ1v) is 7.50. The first-order valence-electron chi connectivity index (χ1n) is 7.50. The Labute approximate surface area is 116 Å². The van der Waals surface area contributed by atoms with Gasteiger partial charge < -0.3 is 14.6 Å². The highest BCUT2D eigenvalue weighted by molar-refractivity contribution is 5.21. The predicted molar refractivity (Wildman–Crippen MR) is 77.4 cm³/mol. The molecule has 1 aromatic heterocycles. The average Bonchev–Trinajstić information content (AvgIpc) is 2.72. The largest absolute Gasteiger partial charge is 0.380 e. The third-order valence-electron chi connectivity index (χ3n) is 3.59. The summed E-state index contributed by atoms with van der Waals surface area (Å²) in [6.07, 6.45) is 2.13. The SMILES string of the molecule is CCOCC(C)n1c(CC(C)C)nc2c1CCNC2. The van der Waals surface area contributed by atoms with Crippen LogP contribution in [0.4, 0.5) is 0 Å². The second kappa shape index (κ2) is 6.53. The lowest BCUT2D eigenvalue weighted by molar-refractivity contribution is 0.117. The lowest BCUT2D eigenvalue weighted by Crippen LogP contribution is -2.26. The Balaban J connectivity index is 2.28. The van der Waals surface area contributed by atoms with E-state index in [-0.39, 0.29) is 0 Å². The van der Waals surface area contributed by atoms with Gasteiger partial charge in [-0.05, 0) is 19.8 Å². The van der Waals surface area contributed by atoms with E-state index in [2.05, 4.69) is 37.6 Å². The zero-order valence-electron chi connectivity index (χ0n) is 12.7. The fourth-order valence-electron chi connectivity index (χ4n) is 2.78. The van der Waals surface area contributed by atoms with Crippen molar-refractivity contribution in [1.82, 2.24) is 14.9 Å². The molecule has 0 aromatic carbocycles. The van der Waals surface area contributed by atoms with E-state index in [0.29, 0.717) is 12.0 Å². The standard InChI is InChI=1S/C15H27N3O/c1-5-19-10-12(4)18-14-6-7-16-9-13(14)17-15(18)8-11(2)3/h11-12,16H,5-10H2,1-4H3. The minimum atomic E-state index is 0.378. The number of hydrogen-bond donors (Lipinski definition) is 1. The van der Waals surface area contributed by atoms with E-state index < -0.39 is 0 Å². The smallest absolute Gasteiger partial charge is 0.109 e. The zero-order valence-corrected chi connectivity index (χ0v) is 12.7. The van der Waals surface area contributed by atoms with Crippen molar-refractivity contribution in [2.24, 2.45) is 5.92 Å². The minimum Gasteiger partial charge on any atom is -0.380 e. The first-order chi connectivity index (χ1) is 9.13. The molecule has 1 atom stereocenters. The van der Waals surface area contributed by atoms with E-state index >= 15 is 0 Å². The van der Waals surface area contributed by atoms with Crippen LogP contribution >= 0.6 is 0 Å². The molecule has 0 aliphatic carbocycles. The topological polar surface area (TPSA) is 39.1 Å². The highest BCUT2D eigenvalue weighted by Gasteiger charge is 2.23. The van der Waals surface area contributed by atoms with Crippen LogP contribution < -0.4 is 5.32 Å². The van der Waals surface area contributed by atoms with Crippen LogP contribution in [0.25, 0.3) is 0 Å². The number of ether oxygens (including phenoxy) is 1. The molecule has 0 spiro atoms. The van der Waals surface area contributed by atoms with E-state index in [4.69, 9.17) is 9.72 Å². The molecule has 1 aliphatic rings. The van der Waals surface area contributed by atoms with Crippen molar-refractivity contribution in [2.45, 2.75) is 53.1 Å². The summed E-state index contributed by atoms with van der Waals surface area (Å²) in [6.45, 7) is 12.3. The van der Waals surface area contributed by atoms with Crippen LogP contribution in [0.5, 0.6) is 0 Å². The molecule has 2 heterocycles. The molecule has 2 rings (SSSR count). The number of fused-ring (bicyclic) bond motifs is 1. The van der Waals surface area contributed by atoms with Gasteiger partial charge >= 0.3 is 0 Å². The van der Waals surface area contributed by atoms with Gasteiger partial charge in [0.1, 0.15) is 5.82 Å². The van der Waals surface area contributed by atoms with Gasteiger partial charge in [-0.1, -0.05) is 13.8 Å². The number of nitrogens with one attached hydrogen (secondary N) is 1. The Morgan fingerprint density at radius 3 is 2.84 bits per heavy atom. The van der Waals surface area contributed by atoms with Gasteiger partial charge in [-0.25, -0.2) is 4.98 Å². The van der Waals surface area contributed by atoms with Crippen LogP contribution in [0.15, 0.2) is 0 Å². The third-order valence-corrected chi connectivity index (χ3v) is 3.59. The van der Waals surface area contributed by atoms with E-state index in [1.807, 2.05) is 0 Å². The second-order valence-corrected chi connectivity index (χ2v) is 5.82. The Bertz CT molecular complexity index is 412. The molecular formula is C15H27N3O. The first kappa shape index (κ1) is 14.5.